The number of hydrogen-bond acceptors (Lipinski definition) is 10. The topological polar surface area (TPSA) is 225 Å². The molecular weight excluding hydrogens is 687 g/mol. The van der Waals surface area contributed by atoms with Gasteiger partial charge in [-0.2, -0.15) is 5.10 Å². The van der Waals surface area contributed by atoms with E-state index in [9.17, 15) is 24.5 Å². The minimum absolute atomic E-state index is 0.0440. The van der Waals surface area contributed by atoms with Gasteiger partial charge in [-0.3, -0.25) is 34.5 Å². The number of carbonyl (C=O) groups excluding carboxylic acids is 3. The van der Waals surface area contributed by atoms with E-state index in [2.05, 4.69) is 54.6 Å². The van der Waals surface area contributed by atoms with Crippen LogP contribution in [0.4, 0.5) is 17.3 Å². The SMILES string of the molecule is CCn1nc(C)cc1C(=O)Nc1nc2cc(C(N)=O)ccc2n1C/C=C/CNc1c(OCCCO[Si](C)(C)C(C)(C)C)cc(C(N)=O)cc1[N+](=O)[O-]. The van der Waals surface area contributed by atoms with E-state index in [0.29, 0.717) is 42.0 Å². The number of rotatable bonds is 17. The maximum absolute atomic E-state index is 13.3. The highest BCUT2D eigenvalue weighted by Crippen LogP contribution is 2.38. The molecular formula is C35H47N9O7Si. The van der Waals surface area contributed by atoms with Gasteiger partial charge < -0.3 is 30.5 Å². The van der Waals surface area contributed by atoms with E-state index < -0.39 is 31.0 Å². The van der Waals surface area contributed by atoms with Gasteiger partial charge in [0.1, 0.15) is 11.4 Å². The molecule has 16 nitrogen and oxygen atoms in total. The Kier molecular flexibility index (Phi) is 12.2. The molecule has 0 spiro atoms. The van der Waals surface area contributed by atoms with Crippen molar-refractivity contribution in [3.8, 4) is 5.75 Å². The number of nitrogens with zero attached hydrogens (tertiary/aromatic N) is 5. The van der Waals surface area contributed by atoms with Crippen molar-refractivity contribution in [2.45, 2.75) is 72.3 Å². The van der Waals surface area contributed by atoms with Gasteiger partial charge in [-0.1, -0.05) is 32.9 Å². The fourth-order valence-corrected chi connectivity index (χ4v) is 6.17. The highest BCUT2D eigenvalue weighted by Gasteiger charge is 2.36. The molecule has 2 aromatic carbocycles. The number of nitro benzene ring substituents is 1. The van der Waals surface area contributed by atoms with E-state index in [1.807, 2.05) is 6.92 Å². The quantitative estimate of drug-likeness (QED) is 0.0356. The van der Waals surface area contributed by atoms with E-state index in [1.165, 1.54) is 6.07 Å². The van der Waals surface area contributed by atoms with Crippen LogP contribution in [0.2, 0.25) is 18.1 Å². The molecule has 0 unspecified atom stereocenters. The molecule has 0 radical (unpaired) electrons. The summed E-state index contributed by atoms with van der Waals surface area (Å²) < 4.78 is 15.5. The predicted molar refractivity (Wildman–Crippen MR) is 201 cm³/mol. The van der Waals surface area contributed by atoms with E-state index in [4.69, 9.17) is 20.6 Å². The Morgan fingerprint density at radius 2 is 1.75 bits per heavy atom. The zero-order valence-corrected chi connectivity index (χ0v) is 31.6. The Labute approximate surface area is 302 Å². The normalized spacial score (nSPS) is 12.0. The van der Waals surface area contributed by atoms with E-state index >= 15 is 0 Å². The predicted octanol–water partition coefficient (Wildman–Crippen LogP) is 5.38. The molecule has 17 heteroatoms. The summed E-state index contributed by atoms with van der Waals surface area (Å²) in [5, 5.41) is 22.4. The molecule has 52 heavy (non-hydrogen) atoms. The second-order valence-corrected chi connectivity index (χ2v) is 18.5. The highest BCUT2D eigenvalue weighted by molar-refractivity contribution is 6.74. The van der Waals surface area contributed by atoms with Crippen molar-refractivity contribution in [1.82, 2.24) is 19.3 Å². The fourth-order valence-electron chi connectivity index (χ4n) is 5.09. The Morgan fingerprint density at radius 1 is 1.04 bits per heavy atom. The van der Waals surface area contributed by atoms with Crippen LogP contribution in [0.5, 0.6) is 5.75 Å². The first-order valence-corrected chi connectivity index (χ1v) is 19.8. The maximum atomic E-state index is 13.3. The van der Waals surface area contributed by atoms with Crippen LogP contribution < -0.4 is 26.8 Å². The summed E-state index contributed by atoms with van der Waals surface area (Å²) in [6.07, 6.45) is 4.06. The third-order valence-electron chi connectivity index (χ3n) is 8.92. The lowest BCUT2D eigenvalue weighted by atomic mass is 10.1. The van der Waals surface area contributed by atoms with Crippen LogP contribution in [-0.2, 0) is 17.5 Å². The standard InChI is InChI=1S/C35H47N9O7Si/c1-8-43-28(18-22(2)41-43)33(47)40-34-39-25-19-23(31(36)45)12-13-26(25)42(34)15-10-9-14-38-30-27(44(48)49)20-24(32(37)46)21-29(30)50-16-11-17-51-52(6,7)35(3,4)5/h9-10,12-13,18-21,38H,8,11,14-17H2,1-7H3,(H2,36,45)(H2,37,46)(H,39,40,47)/b10-9+. The van der Waals surface area contributed by atoms with Crippen LogP contribution in [-0.4, -0.2) is 70.1 Å². The molecule has 2 aromatic heterocycles. The molecule has 0 saturated carbocycles. The maximum Gasteiger partial charge on any atom is 0.296 e. The monoisotopic (exact) mass is 733 g/mol. The van der Waals surface area contributed by atoms with Crippen LogP contribution in [0.25, 0.3) is 11.0 Å². The van der Waals surface area contributed by atoms with Gasteiger partial charge in [0.05, 0.1) is 28.3 Å². The number of aryl methyl sites for hydroxylation is 2. The summed E-state index contributed by atoms with van der Waals surface area (Å²) in [6, 6.07) is 8.99. The van der Waals surface area contributed by atoms with Crippen LogP contribution in [0.3, 0.4) is 0 Å². The minimum atomic E-state index is -1.97. The van der Waals surface area contributed by atoms with Crippen LogP contribution in [0.1, 0.15) is 71.0 Å². The fraction of sp³-hybridized carbons (Fsp3) is 0.400. The zero-order chi connectivity index (χ0) is 38.4. The zero-order valence-electron chi connectivity index (χ0n) is 30.6. The van der Waals surface area contributed by atoms with Gasteiger partial charge in [0.25, 0.3) is 11.6 Å². The average molecular weight is 734 g/mol. The van der Waals surface area contributed by atoms with E-state index in [-0.39, 0.29) is 58.9 Å². The Bertz CT molecular complexity index is 2010. The van der Waals surface area contributed by atoms with Crippen LogP contribution >= 0.6 is 0 Å². The Morgan fingerprint density at radius 3 is 2.38 bits per heavy atom. The summed E-state index contributed by atoms with van der Waals surface area (Å²) in [6.45, 7) is 15.9. The third-order valence-corrected chi connectivity index (χ3v) is 13.5. The molecule has 0 atom stereocenters. The molecule has 0 bridgehead atoms. The van der Waals surface area contributed by atoms with Gasteiger partial charge in [0, 0.05) is 49.9 Å². The molecule has 0 aliphatic carbocycles. The van der Waals surface area contributed by atoms with Gasteiger partial charge in [0.15, 0.2) is 14.0 Å². The summed E-state index contributed by atoms with van der Waals surface area (Å²) >= 11 is 0. The summed E-state index contributed by atoms with van der Waals surface area (Å²) in [7, 11) is -1.97. The molecule has 0 saturated heterocycles. The molecule has 2 heterocycles. The third kappa shape index (κ3) is 9.21. The summed E-state index contributed by atoms with van der Waals surface area (Å²) in [4.78, 5) is 53.2. The first-order chi connectivity index (χ1) is 24.4. The highest BCUT2D eigenvalue weighted by atomic mass is 28.4. The second-order valence-electron chi connectivity index (χ2n) is 13.7. The van der Waals surface area contributed by atoms with Crippen molar-refractivity contribution >= 4 is 54.4 Å². The van der Waals surface area contributed by atoms with Crippen molar-refractivity contribution in [3.63, 3.8) is 0 Å². The smallest absolute Gasteiger partial charge is 0.296 e. The van der Waals surface area contributed by atoms with Crippen LogP contribution in [0.15, 0.2) is 48.6 Å². The van der Waals surface area contributed by atoms with E-state index in [0.717, 1.165) is 6.07 Å². The van der Waals surface area contributed by atoms with Gasteiger partial charge in [-0.05, 0) is 62.3 Å². The van der Waals surface area contributed by atoms with Gasteiger partial charge in [0.2, 0.25) is 17.8 Å². The lowest BCUT2D eigenvalue weighted by Gasteiger charge is -2.36. The number of fused-ring (bicyclic) bond motifs is 1. The number of imidazole rings is 1. The van der Waals surface area contributed by atoms with Crippen molar-refractivity contribution in [3.05, 3.63) is 81.2 Å². The van der Waals surface area contributed by atoms with Gasteiger partial charge >= 0.3 is 0 Å². The summed E-state index contributed by atoms with van der Waals surface area (Å²) in [5.41, 5.74) is 13.0. The first-order valence-electron chi connectivity index (χ1n) is 16.9. The van der Waals surface area contributed by atoms with Gasteiger partial charge in [-0.15, -0.1) is 0 Å². The Hall–Kier alpha value is -5.55. The molecule has 4 rings (SSSR count). The first kappa shape index (κ1) is 39.2. The number of aromatic nitrogens is 4. The molecule has 4 aromatic rings. The number of primary amides is 2. The van der Waals surface area contributed by atoms with Crippen molar-refractivity contribution in [1.29, 1.82) is 0 Å². The van der Waals surface area contributed by atoms with Crippen molar-refractivity contribution < 1.29 is 28.5 Å². The van der Waals surface area contributed by atoms with Crippen molar-refractivity contribution in [2.75, 3.05) is 30.4 Å². The molecule has 3 amide bonds. The molecule has 0 fully saturated rings. The molecule has 0 aliphatic heterocycles. The number of benzene rings is 2. The number of nitrogens with one attached hydrogen (secondary N) is 2. The largest absolute Gasteiger partial charge is 0.491 e. The summed E-state index contributed by atoms with van der Waals surface area (Å²) in [5.74, 6) is -1.51. The van der Waals surface area contributed by atoms with Gasteiger partial charge in [-0.25, -0.2) is 4.98 Å². The molecule has 6 N–H and O–H groups in total. The second kappa shape index (κ2) is 16.2. The number of nitrogens with two attached hydrogens (primary N) is 2. The van der Waals surface area contributed by atoms with E-state index in [1.54, 1.807) is 52.6 Å². The lowest BCUT2D eigenvalue weighted by molar-refractivity contribution is -0.384. The average Bonchev–Trinajstić information content (AvgIpc) is 3.62. The number of carbonyl (C=O) groups is 3. The number of ether oxygens (including phenoxy) is 1. The number of anilines is 2. The number of nitro groups is 1. The molecule has 278 valence electrons. The van der Waals surface area contributed by atoms with Crippen LogP contribution in [0, 0.1) is 17.0 Å². The minimum Gasteiger partial charge on any atom is -0.491 e. The Balaban J connectivity index is 1.54. The number of amides is 3. The number of hydrogen-bond donors (Lipinski definition) is 4. The lowest BCUT2D eigenvalue weighted by Crippen LogP contribution is -2.41. The molecule has 0 aliphatic rings. The van der Waals surface area contributed by atoms with Crippen molar-refractivity contribution in [2.24, 2.45) is 11.5 Å². The number of allylic oxidation sites excluding steroid dienone is 1.